The summed E-state index contributed by atoms with van der Waals surface area (Å²) >= 11 is 0. The van der Waals surface area contributed by atoms with Crippen molar-refractivity contribution in [2.24, 2.45) is 11.8 Å². The molecule has 0 amide bonds. The molecule has 4 rings (SSSR count). The van der Waals surface area contributed by atoms with Crippen molar-refractivity contribution >= 4 is 26.6 Å². The van der Waals surface area contributed by atoms with Gasteiger partial charge in [-0.25, -0.2) is 8.42 Å². The highest BCUT2D eigenvalue weighted by molar-refractivity contribution is 7.92. The summed E-state index contributed by atoms with van der Waals surface area (Å²) in [4.78, 5) is 0.311. The molecule has 1 aliphatic heterocycles. The van der Waals surface area contributed by atoms with Gasteiger partial charge in [0.25, 0.3) is 10.0 Å². The van der Waals surface area contributed by atoms with E-state index in [1.807, 2.05) is 23.7 Å². The van der Waals surface area contributed by atoms with Gasteiger partial charge in [-0.2, -0.15) is 5.10 Å². The van der Waals surface area contributed by atoms with Crippen molar-refractivity contribution in [3.05, 3.63) is 53.7 Å². The molecule has 0 atom stereocenters. The third-order valence-electron chi connectivity index (χ3n) is 6.85. The Hall–Kier alpha value is -2.38. The van der Waals surface area contributed by atoms with E-state index in [9.17, 15) is 8.42 Å². The third kappa shape index (κ3) is 5.89. The number of ether oxygens (including phenoxy) is 1. The van der Waals surface area contributed by atoms with Gasteiger partial charge >= 0.3 is 0 Å². The van der Waals surface area contributed by atoms with Gasteiger partial charge in [0.2, 0.25) is 0 Å². The number of unbranched alkanes of at least 4 members (excludes halogenated alkanes) is 1. The summed E-state index contributed by atoms with van der Waals surface area (Å²) < 4.78 is 36.9. The van der Waals surface area contributed by atoms with E-state index in [0.29, 0.717) is 17.4 Å². The minimum Gasteiger partial charge on any atom is -0.381 e. The Morgan fingerprint density at radius 3 is 2.60 bits per heavy atom. The third-order valence-corrected chi connectivity index (χ3v) is 8.63. The molecule has 7 heteroatoms. The van der Waals surface area contributed by atoms with Crippen LogP contribution in [-0.4, -0.2) is 38.0 Å². The summed E-state index contributed by atoms with van der Waals surface area (Å²) in [6.07, 6.45) is 7.15. The highest BCUT2D eigenvalue weighted by Crippen LogP contribution is 2.31. The van der Waals surface area contributed by atoms with Crippen molar-refractivity contribution in [2.75, 3.05) is 24.1 Å². The Bertz CT molecular complexity index is 1240. The molecule has 1 saturated heterocycles. The van der Waals surface area contributed by atoms with Crippen molar-refractivity contribution in [3.63, 3.8) is 0 Å². The predicted molar refractivity (Wildman–Crippen MR) is 142 cm³/mol. The molecule has 0 radical (unpaired) electrons. The van der Waals surface area contributed by atoms with Crippen LogP contribution in [0, 0.1) is 18.8 Å². The number of nitrogens with zero attached hydrogens (tertiary/aromatic N) is 3. The first kappa shape index (κ1) is 25.7. The quantitative estimate of drug-likeness (QED) is 0.346. The number of hydrogen-bond donors (Lipinski definition) is 0. The van der Waals surface area contributed by atoms with Crippen LogP contribution in [0.4, 0.5) is 5.69 Å². The second-order valence-electron chi connectivity index (χ2n) is 10.3. The second-order valence-corrected chi connectivity index (χ2v) is 12.1. The van der Waals surface area contributed by atoms with Crippen molar-refractivity contribution in [1.29, 1.82) is 0 Å². The van der Waals surface area contributed by atoms with Gasteiger partial charge < -0.3 is 4.74 Å². The number of rotatable bonds is 10. The van der Waals surface area contributed by atoms with Crippen LogP contribution in [0.25, 0.3) is 10.9 Å². The maximum absolute atomic E-state index is 13.9. The van der Waals surface area contributed by atoms with E-state index in [1.54, 1.807) is 22.6 Å². The Balaban J connectivity index is 1.65. The Labute approximate surface area is 210 Å². The molecule has 6 nitrogen and oxygen atoms in total. The lowest BCUT2D eigenvalue weighted by Crippen LogP contribution is -2.34. The molecule has 1 fully saturated rings. The second kappa shape index (κ2) is 11.1. The predicted octanol–water partition coefficient (Wildman–Crippen LogP) is 5.97. The minimum atomic E-state index is -3.73. The SMILES string of the molecule is CCCCc1ccc(N(CC(C)C)S(=O)(=O)c2ccc3c(cnn3CC3CCOCC3)c2)c(C)c1. The first-order valence-electron chi connectivity index (χ1n) is 12.9. The zero-order valence-electron chi connectivity index (χ0n) is 21.5. The smallest absolute Gasteiger partial charge is 0.264 e. The van der Waals surface area contributed by atoms with Gasteiger partial charge in [0.05, 0.1) is 22.3 Å². The zero-order valence-corrected chi connectivity index (χ0v) is 22.4. The number of sulfonamides is 1. The van der Waals surface area contributed by atoms with Crippen LogP contribution in [0.15, 0.2) is 47.5 Å². The van der Waals surface area contributed by atoms with Crippen LogP contribution in [0.3, 0.4) is 0 Å². The maximum atomic E-state index is 13.9. The maximum Gasteiger partial charge on any atom is 0.264 e. The molecular formula is C28H39N3O3S. The van der Waals surface area contributed by atoms with E-state index in [0.717, 1.165) is 74.0 Å². The first-order valence-corrected chi connectivity index (χ1v) is 14.4. The summed E-state index contributed by atoms with van der Waals surface area (Å²) in [5.74, 6) is 0.731. The molecule has 0 aliphatic carbocycles. The average molecular weight is 498 g/mol. The lowest BCUT2D eigenvalue weighted by Gasteiger charge is -2.28. The fraction of sp³-hybridized carbons (Fsp3) is 0.536. The van der Waals surface area contributed by atoms with E-state index in [4.69, 9.17) is 4.74 Å². The summed E-state index contributed by atoms with van der Waals surface area (Å²) in [5.41, 5.74) is 3.98. The monoisotopic (exact) mass is 497 g/mol. The average Bonchev–Trinajstić information content (AvgIpc) is 3.24. The molecule has 3 aromatic rings. The Kier molecular flexibility index (Phi) is 8.17. The number of benzene rings is 2. The lowest BCUT2D eigenvalue weighted by molar-refractivity contribution is 0.0605. The molecule has 1 aromatic heterocycles. The van der Waals surface area contributed by atoms with Gasteiger partial charge in [0.15, 0.2) is 0 Å². The van der Waals surface area contributed by atoms with Gasteiger partial charge in [-0.05, 0) is 79.8 Å². The fourth-order valence-electron chi connectivity index (χ4n) is 4.86. The number of anilines is 1. The number of hydrogen-bond acceptors (Lipinski definition) is 4. The first-order chi connectivity index (χ1) is 16.8. The summed E-state index contributed by atoms with van der Waals surface area (Å²) in [7, 11) is -3.73. The molecule has 190 valence electrons. The van der Waals surface area contributed by atoms with E-state index < -0.39 is 10.0 Å². The van der Waals surface area contributed by atoms with Crippen LogP contribution in [0.1, 0.15) is 57.6 Å². The van der Waals surface area contributed by atoms with Gasteiger partial charge in [-0.3, -0.25) is 8.99 Å². The molecule has 2 aromatic carbocycles. The van der Waals surface area contributed by atoms with E-state index >= 15 is 0 Å². The molecule has 1 aliphatic rings. The highest BCUT2D eigenvalue weighted by atomic mass is 32.2. The van der Waals surface area contributed by atoms with Crippen LogP contribution in [0.2, 0.25) is 0 Å². The molecule has 35 heavy (non-hydrogen) atoms. The largest absolute Gasteiger partial charge is 0.381 e. The number of fused-ring (bicyclic) bond motifs is 1. The van der Waals surface area contributed by atoms with Crippen molar-refractivity contribution in [2.45, 2.75) is 71.2 Å². The Morgan fingerprint density at radius 2 is 1.91 bits per heavy atom. The highest BCUT2D eigenvalue weighted by Gasteiger charge is 2.28. The topological polar surface area (TPSA) is 64.4 Å². The van der Waals surface area contributed by atoms with Gasteiger partial charge in [0.1, 0.15) is 0 Å². The van der Waals surface area contributed by atoms with Crippen LogP contribution < -0.4 is 4.31 Å². The fourth-order valence-corrected chi connectivity index (χ4v) is 6.59. The summed E-state index contributed by atoms with van der Waals surface area (Å²) in [6, 6.07) is 11.6. The molecule has 0 unspecified atom stereocenters. The molecule has 0 saturated carbocycles. The van der Waals surface area contributed by atoms with Gasteiger partial charge in [-0.15, -0.1) is 0 Å². The van der Waals surface area contributed by atoms with Crippen molar-refractivity contribution < 1.29 is 13.2 Å². The summed E-state index contributed by atoms with van der Waals surface area (Å²) in [6.45, 7) is 11.2. The molecule has 0 N–H and O–H groups in total. The van der Waals surface area contributed by atoms with Gasteiger partial charge in [0, 0.05) is 31.7 Å². The zero-order chi connectivity index (χ0) is 25.0. The van der Waals surface area contributed by atoms with Crippen molar-refractivity contribution in [3.8, 4) is 0 Å². The molecular weight excluding hydrogens is 458 g/mol. The van der Waals surface area contributed by atoms with E-state index in [1.165, 1.54) is 5.56 Å². The number of aryl methyl sites for hydroxylation is 2. The standard InChI is InChI=1S/C28H39N3O3S/c1-5-6-7-23-8-10-27(22(4)16-23)31(19-21(2)3)35(32,33)26-9-11-28-25(17-26)18-29-30(28)20-24-12-14-34-15-13-24/h8-11,16-18,21,24H,5-7,12-15,19-20H2,1-4H3. The van der Waals surface area contributed by atoms with Crippen LogP contribution in [0.5, 0.6) is 0 Å². The normalized spacial score (nSPS) is 15.2. The van der Waals surface area contributed by atoms with Crippen LogP contribution >= 0.6 is 0 Å². The molecule has 0 bridgehead atoms. The lowest BCUT2D eigenvalue weighted by atomic mass is 10.0. The van der Waals surface area contributed by atoms with Crippen molar-refractivity contribution in [1.82, 2.24) is 9.78 Å². The van der Waals surface area contributed by atoms with E-state index in [2.05, 4.69) is 38.0 Å². The molecule has 0 spiro atoms. The van der Waals surface area contributed by atoms with Gasteiger partial charge in [-0.1, -0.05) is 39.3 Å². The van der Waals surface area contributed by atoms with E-state index in [-0.39, 0.29) is 5.92 Å². The summed E-state index contributed by atoms with van der Waals surface area (Å²) in [5, 5.41) is 5.44. The number of aromatic nitrogens is 2. The van der Waals surface area contributed by atoms with Crippen LogP contribution in [-0.2, 0) is 27.7 Å². The Morgan fingerprint density at radius 1 is 1.14 bits per heavy atom. The molecule has 2 heterocycles. The minimum absolute atomic E-state index is 0.190.